The van der Waals surface area contributed by atoms with Crippen LogP contribution in [0.3, 0.4) is 0 Å². The fraction of sp³-hybridized carbons (Fsp3) is 0.100. The SMILES string of the molecule is CC(NC(=O)c1ccccc1Nc1ccccc1)c1ccncc1. The van der Waals surface area contributed by atoms with Crippen LogP contribution in [0.25, 0.3) is 0 Å². The van der Waals surface area contributed by atoms with Gasteiger partial charge in [0, 0.05) is 18.1 Å². The standard InChI is InChI=1S/C20H19N3O/c1-15(16-11-13-21-14-12-16)22-20(24)18-9-5-6-10-19(18)23-17-7-3-2-4-8-17/h2-15,23H,1H3,(H,22,24). The summed E-state index contributed by atoms with van der Waals surface area (Å²) in [4.78, 5) is 16.7. The molecule has 0 saturated heterocycles. The zero-order valence-electron chi connectivity index (χ0n) is 13.4. The van der Waals surface area contributed by atoms with E-state index in [1.807, 2.05) is 73.7 Å². The molecule has 1 aromatic heterocycles. The van der Waals surface area contributed by atoms with Crippen LogP contribution in [0.1, 0.15) is 28.9 Å². The lowest BCUT2D eigenvalue weighted by Crippen LogP contribution is -2.27. The van der Waals surface area contributed by atoms with Crippen molar-refractivity contribution < 1.29 is 4.79 Å². The van der Waals surface area contributed by atoms with Gasteiger partial charge in [0.2, 0.25) is 0 Å². The quantitative estimate of drug-likeness (QED) is 0.737. The van der Waals surface area contributed by atoms with E-state index in [1.54, 1.807) is 12.4 Å². The molecule has 0 aliphatic heterocycles. The second-order valence-electron chi connectivity index (χ2n) is 5.51. The van der Waals surface area contributed by atoms with E-state index in [0.717, 1.165) is 16.9 Å². The van der Waals surface area contributed by atoms with Gasteiger partial charge in [-0.2, -0.15) is 0 Å². The molecule has 0 aliphatic carbocycles. The van der Waals surface area contributed by atoms with E-state index in [2.05, 4.69) is 15.6 Å². The van der Waals surface area contributed by atoms with Gasteiger partial charge in [0.15, 0.2) is 0 Å². The van der Waals surface area contributed by atoms with E-state index < -0.39 is 0 Å². The second-order valence-corrected chi connectivity index (χ2v) is 5.51. The number of amides is 1. The van der Waals surface area contributed by atoms with Crippen LogP contribution in [0.5, 0.6) is 0 Å². The van der Waals surface area contributed by atoms with Crippen molar-refractivity contribution in [3.8, 4) is 0 Å². The van der Waals surface area contributed by atoms with Gasteiger partial charge in [-0.25, -0.2) is 0 Å². The third kappa shape index (κ3) is 3.79. The molecular formula is C20H19N3O. The van der Waals surface area contributed by atoms with Crippen LogP contribution in [-0.4, -0.2) is 10.9 Å². The predicted molar refractivity (Wildman–Crippen MR) is 96.3 cm³/mol. The van der Waals surface area contributed by atoms with E-state index in [1.165, 1.54) is 0 Å². The highest BCUT2D eigenvalue weighted by molar-refractivity contribution is 6.00. The Bertz CT molecular complexity index is 803. The molecular weight excluding hydrogens is 298 g/mol. The minimum absolute atomic E-state index is 0.0923. The molecule has 0 bridgehead atoms. The molecule has 4 heteroatoms. The van der Waals surface area contributed by atoms with Gasteiger partial charge in [0.1, 0.15) is 0 Å². The first-order valence-electron chi connectivity index (χ1n) is 7.86. The van der Waals surface area contributed by atoms with E-state index in [-0.39, 0.29) is 11.9 Å². The molecule has 2 N–H and O–H groups in total. The number of pyridine rings is 1. The summed E-state index contributed by atoms with van der Waals surface area (Å²) >= 11 is 0. The Hall–Kier alpha value is -3.14. The topological polar surface area (TPSA) is 54.0 Å². The maximum atomic E-state index is 12.7. The highest BCUT2D eigenvalue weighted by Crippen LogP contribution is 2.21. The number of rotatable bonds is 5. The average Bonchev–Trinajstić information content (AvgIpc) is 2.63. The molecule has 0 aliphatic rings. The molecule has 24 heavy (non-hydrogen) atoms. The minimum atomic E-state index is -0.113. The van der Waals surface area contributed by atoms with Crippen molar-refractivity contribution in [3.63, 3.8) is 0 Å². The van der Waals surface area contributed by atoms with Crippen LogP contribution in [0.2, 0.25) is 0 Å². The lowest BCUT2D eigenvalue weighted by atomic mass is 10.1. The number of carbonyl (C=O) groups excluding carboxylic acids is 1. The number of benzene rings is 2. The molecule has 0 saturated carbocycles. The van der Waals surface area contributed by atoms with Gasteiger partial charge in [0.25, 0.3) is 5.91 Å². The third-order valence-corrected chi connectivity index (χ3v) is 3.78. The minimum Gasteiger partial charge on any atom is -0.355 e. The van der Waals surface area contributed by atoms with Gasteiger partial charge < -0.3 is 10.6 Å². The Morgan fingerprint density at radius 2 is 1.58 bits per heavy atom. The Kier molecular flexibility index (Phi) is 4.87. The molecule has 3 rings (SSSR count). The van der Waals surface area contributed by atoms with Gasteiger partial charge in [0.05, 0.1) is 17.3 Å². The zero-order chi connectivity index (χ0) is 16.8. The molecule has 1 heterocycles. The smallest absolute Gasteiger partial charge is 0.253 e. The van der Waals surface area contributed by atoms with Gasteiger partial charge in [-0.15, -0.1) is 0 Å². The number of aromatic nitrogens is 1. The van der Waals surface area contributed by atoms with Crippen molar-refractivity contribution in [2.24, 2.45) is 0 Å². The summed E-state index contributed by atoms with van der Waals surface area (Å²) < 4.78 is 0. The lowest BCUT2D eigenvalue weighted by molar-refractivity contribution is 0.0940. The maximum Gasteiger partial charge on any atom is 0.253 e. The number of hydrogen-bond acceptors (Lipinski definition) is 3. The molecule has 3 aromatic rings. The summed E-state index contributed by atoms with van der Waals surface area (Å²) in [5.74, 6) is -0.113. The van der Waals surface area contributed by atoms with Crippen molar-refractivity contribution in [1.82, 2.24) is 10.3 Å². The lowest BCUT2D eigenvalue weighted by Gasteiger charge is -2.16. The van der Waals surface area contributed by atoms with Gasteiger partial charge in [-0.1, -0.05) is 30.3 Å². The van der Waals surface area contributed by atoms with E-state index in [0.29, 0.717) is 5.56 Å². The summed E-state index contributed by atoms with van der Waals surface area (Å²) in [6, 6.07) is 21.0. The Morgan fingerprint density at radius 3 is 2.33 bits per heavy atom. The Balaban J connectivity index is 1.78. The van der Waals surface area contributed by atoms with Crippen LogP contribution >= 0.6 is 0 Å². The molecule has 0 radical (unpaired) electrons. The summed E-state index contributed by atoms with van der Waals surface area (Å²) in [5, 5.41) is 6.33. The first kappa shape index (κ1) is 15.7. The Labute approximate surface area is 141 Å². The van der Waals surface area contributed by atoms with Crippen molar-refractivity contribution in [2.45, 2.75) is 13.0 Å². The molecule has 0 fully saturated rings. The first-order chi connectivity index (χ1) is 11.7. The molecule has 1 amide bonds. The largest absolute Gasteiger partial charge is 0.355 e. The summed E-state index contributed by atoms with van der Waals surface area (Å²) in [7, 11) is 0. The van der Waals surface area contributed by atoms with Crippen molar-refractivity contribution in [1.29, 1.82) is 0 Å². The number of anilines is 2. The summed E-state index contributed by atoms with van der Waals surface area (Å²) in [6.45, 7) is 1.96. The fourth-order valence-electron chi connectivity index (χ4n) is 2.48. The van der Waals surface area contributed by atoms with Crippen molar-refractivity contribution in [3.05, 3.63) is 90.3 Å². The van der Waals surface area contributed by atoms with Crippen molar-refractivity contribution >= 4 is 17.3 Å². The van der Waals surface area contributed by atoms with Crippen LogP contribution in [-0.2, 0) is 0 Å². The molecule has 0 spiro atoms. The predicted octanol–water partition coefficient (Wildman–Crippen LogP) is 4.32. The highest BCUT2D eigenvalue weighted by atomic mass is 16.1. The third-order valence-electron chi connectivity index (χ3n) is 3.78. The number of carbonyl (C=O) groups is 1. The van der Waals surface area contributed by atoms with Crippen LogP contribution in [0.4, 0.5) is 11.4 Å². The zero-order valence-corrected chi connectivity index (χ0v) is 13.4. The normalized spacial score (nSPS) is 11.5. The maximum absolute atomic E-state index is 12.7. The van der Waals surface area contributed by atoms with Crippen LogP contribution in [0, 0.1) is 0 Å². The number of hydrogen-bond donors (Lipinski definition) is 2. The number of para-hydroxylation sites is 2. The summed E-state index contributed by atoms with van der Waals surface area (Å²) in [5.41, 5.74) is 3.36. The second kappa shape index (κ2) is 7.42. The molecule has 120 valence electrons. The first-order valence-corrected chi connectivity index (χ1v) is 7.86. The van der Waals surface area contributed by atoms with E-state index >= 15 is 0 Å². The van der Waals surface area contributed by atoms with Gasteiger partial charge in [-0.05, 0) is 48.9 Å². The molecule has 2 aromatic carbocycles. The van der Waals surface area contributed by atoms with Gasteiger partial charge in [-0.3, -0.25) is 9.78 Å². The molecule has 1 unspecified atom stereocenters. The number of nitrogens with one attached hydrogen (secondary N) is 2. The average molecular weight is 317 g/mol. The van der Waals surface area contributed by atoms with Crippen molar-refractivity contribution in [2.75, 3.05) is 5.32 Å². The number of nitrogens with zero attached hydrogens (tertiary/aromatic N) is 1. The van der Waals surface area contributed by atoms with Crippen LogP contribution in [0.15, 0.2) is 79.1 Å². The summed E-state index contributed by atoms with van der Waals surface area (Å²) in [6.07, 6.45) is 3.45. The van der Waals surface area contributed by atoms with Gasteiger partial charge >= 0.3 is 0 Å². The molecule has 1 atom stereocenters. The van der Waals surface area contributed by atoms with E-state index in [9.17, 15) is 4.79 Å². The monoisotopic (exact) mass is 317 g/mol. The Morgan fingerprint density at radius 1 is 0.917 bits per heavy atom. The highest BCUT2D eigenvalue weighted by Gasteiger charge is 2.14. The van der Waals surface area contributed by atoms with E-state index in [4.69, 9.17) is 0 Å². The molecule has 4 nitrogen and oxygen atoms in total. The van der Waals surface area contributed by atoms with Crippen LogP contribution < -0.4 is 10.6 Å². The fourth-order valence-corrected chi connectivity index (χ4v) is 2.48.